The summed E-state index contributed by atoms with van der Waals surface area (Å²) >= 11 is 0. The van der Waals surface area contributed by atoms with Crippen LogP contribution in [0.2, 0.25) is 0 Å². The molecule has 2 rings (SSSR count). The maximum absolute atomic E-state index is 13.6. The molecule has 0 bridgehead atoms. The van der Waals surface area contributed by atoms with Gasteiger partial charge in [0.2, 0.25) is 5.91 Å². The van der Waals surface area contributed by atoms with Gasteiger partial charge in [-0.2, -0.15) is 0 Å². The van der Waals surface area contributed by atoms with Crippen LogP contribution in [0.25, 0.3) is 0 Å². The van der Waals surface area contributed by atoms with Crippen molar-refractivity contribution in [2.45, 2.75) is 38.3 Å². The highest BCUT2D eigenvalue weighted by molar-refractivity contribution is 5.82. The Morgan fingerprint density at radius 1 is 1.45 bits per heavy atom. The predicted octanol–water partition coefficient (Wildman–Crippen LogP) is 1.99. The first kappa shape index (κ1) is 16.8. The molecule has 1 aromatic rings. The molecule has 1 amide bonds. The summed E-state index contributed by atoms with van der Waals surface area (Å²) in [6.07, 6.45) is 1.30. The molecule has 0 saturated carbocycles. The number of rotatable bonds is 6. The molecular weight excluding hydrogens is 290 g/mol. The van der Waals surface area contributed by atoms with Crippen LogP contribution < -0.4 is 5.32 Å². The van der Waals surface area contributed by atoms with Crippen LogP contribution in [-0.2, 0) is 4.79 Å². The van der Waals surface area contributed by atoms with E-state index >= 15 is 0 Å². The van der Waals surface area contributed by atoms with E-state index in [0.717, 1.165) is 44.5 Å². The third-order valence-electron chi connectivity index (χ3n) is 3.98. The molecule has 0 aliphatic carbocycles. The van der Waals surface area contributed by atoms with Crippen molar-refractivity contribution in [1.82, 2.24) is 10.2 Å². The molecule has 122 valence electrons. The largest absolute Gasteiger partial charge is 0.386 e. The second-order valence-corrected chi connectivity index (χ2v) is 5.59. The van der Waals surface area contributed by atoms with Gasteiger partial charge in [0, 0.05) is 6.54 Å². The third kappa shape index (κ3) is 3.81. The number of hydrogen-bond acceptors (Lipinski definition) is 3. The molecule has 4 nitrogen and oxygen atoms in total. The van der Waals surface area contributed by atoms with Crippen LogP contribution in [0.4, 0.5) is 8.78 Å². The lowest BCUT2D eigenvalue weighted by Crippen LogP contribution is -2.44. The molecule has 0 spiro atoms. The monoisotopic (exact) mass is 312 g/mol. The van der Waals surface area contributed by atoms with Crippen molar-refractivity contribution in [1.29, 1.82) is 0 Å². The number of nitrogens with zero attached hydrogens (tertiary/aromatic N) is 1. The molecule has 0 aromatic heterocycles. The van der Waals surface area contributed by atoms with Crippen molar-refractivity contribution >= 4 is 5.91 Å². The summed E-state index contributed by atoms with van der Waals surface area (Å²) in [7, 11) is 0. The van der Waals surface area contributed by atoms with Gasteiger partial charge in [0.1, 0.15) is 17.7 Å². The Labute approximate surface area is 129 Å². The zero-order chi connectivity index (χ0) is 16.1. The SMILES string of the molecule is CCCN1CCCC1C(=O)NCC(O)c1c(F)cccc1F. The highest BCUT2D eigenvalue weighted by atomic mass is 19.1. The number of amides is 1. The summed E-state index contributed by atoms with van der Waals surface area (Å²) in [5.74, 6) is -1.81. The minimum Gasteiger partial charge on any atom is -0.386 e. The molecule has 1 saturated heterocycles. The second-order valence-electron chi connectivity index (χ2n) is 5.59. The van der Waals surface area contributed by atoms with Crippen molar-refractivity contribution < 1.29 is 18.7 Å². The number of benzene rings is 1. The number of aliphatic hydroxyl groups excluding tert-OH is 1. The van der Waals surface area contributed by atoms with Gasteiger partial charge < -0.3 is 10.4 Å². The Kier molecular flexibility index (Phi) is 5.85. The van der Waals surface area contributed by atoms with Crippen molar-refractivity contribution in [3.8, 4) is 0 Å². The summed E-state index contributed by atoms with van der Waals surface area (Å²) in [4.78, 5) is 14.3. The molecule has 1 fully saturated rings. The van der Waals surface area contributed by atoms with Gasteiger partial charge in [0.25, 0.3) is 0 Å². The zero-order valence-corrected chi connectivity index (χ0v) is 12.7. The van der Waals surface area contributed by atoms with Crippen molar-refractivity contribution in [3.05, 3.63) is 35.4 Å². The van der Waals surface area contributed by atoms with E-state index in [1.54, 1.807) is 0 Å². The number of halogens is 2. The predicted molar refractivity (Wildman–Crippen MR) is 79.2 cm³/mol. The van der Waals surface area contributed by atoms with Crippen molar-refractivity contribution in [2.24, 2.45) is 0 Å². The van der Waals surface area contributed by atoms with Crippen LogP contribution in [0, 0.1) is 11.6 Å². The number of carbonyl (C=O) groups excluding carboxylic acids is 1. The van der Waals surface area contributed by atoms with Gasteiger partial charge >= 0.3 is 0 Å². The number of likely N-dealkylation sites (tertiary alicyclic amines) is 1. The third-order valence-corrected chi connectivity index (χ3v) is 3.98. The summed E-state index contributed by atoms with van der Waals surface area (Å²) in [5, 5.41) is 12.5. The number of carbonyl (C=O) groups is 1. The molecule has 2 atom stereocenters. The summed E-state index contributed by atoms with van der Waals surface area (Å²) in [5.41, 5.74) is -0.403. The fourth-order valence-electron chi connectivity index (χ4n) is 2.92. The summed E-state index contributed by atoms with van der Waals surface area (Å²) in [6, 6.07) is 3.20. The highest BCUT2D eigenvalue weighted by Crippen LogP contribution is 2.21. The lowest BCUT2D eigenvalue weighted by Gasteiger charge is -2.23. The first-order chi connectivity index (χ1) is 10.5. The molecule has 1 aliphatic heterocycles. The van der Waals surface area contributed by atoms with E-state index in [2.05, 4.69) is 17.1 Å². The van der Waals surface area contributed by atoms with Gasteiger partial charge in [-0.25, -0.2) is 8.78 Å². The van der Waals surface area contributed by atoms with E-state index in [-0.39, 0.29) is 18.5 Å². The van der Waals surface area contributed by atoms with Crippen molar-refractivity contribution in [3.63, 3.8) is 0 Å². The van der Waals surface area contributed by atoms with Gasteiger partial charge in [-0.15, -0.1) is 0 Å². The van der Waals surface area contributed by atoms with Gasteiger partial charge in [-0.05, 0) is 44.5 Å². The van der Waals surface area contributed by atoms with E-state index in [1.807, 2.05) is 0 Å². The van der Waals surface area contributed by atoms with Crippen LogP contribution in [0.1, 0.15) is 37.9 Å². The molecule has 1 aliphatic rings. The van der Waals surface area contributed by atoms with E-state index in [4.69, 9.17) is 0 Å². The van der Waals surface area contributed by atoms with Gasteiger partial charge in [-0.3, -0.25) is 9.69 Å². The maximum Gasteiger partial charge on any atom is 0.237 e. The molecule has 2 unspecified atom stereocenters. The smallest absolute Gasteiger partial charge is 0.237 e. The topological polar surface area (TPSA) is 52.6 Å². The minimum atomic E-state index is -1.40. The van der Waals surface area contributed by atoms with E-state index in [0.29, 0.717) is 0 Å². The Bertz CT molecular complexity index is 505. The van der Waals surface area contributed by atoms with Crippen molar-refractivity contribution in [2.75, 3.05) is 19.6 Å². The Balaban J connectivity index is 1.93. The number of hydrogen-bond donors (Lipinski definition) is 2. The average Bonchev–Trinajstić information content (AvgIpc) is 2.93. The Morgan fingerprint density at radius 3 is 2.77 bits per heavy atom. The molecule has 0 radical (unpaired) electrons. The standard InChI is InChI=1S/C16H22F2N2O2/c1-2-8-20-9-4-7-13(20)16(22)19-10-14(21)15-11(17)5-3-6-12(15)18/h3,5-6,13-14,21H,2,4,7-10H2,1H3,(H,19,22). The van der Waals surface area contributed by atoms with Crippen LogP contribution in [-0.4, -0.2) is 41.6 Å². The molecular formula is C16H22F2N2O2. The zero-order valence-electron chi connectivity index (χ0n) is 12.7. The van der Waals surface area contributed by atoms with E-state index in [1.165, 1.54) is 6.07 Å². The lowest BCUT2D eigenvalue weighted by atomic mass is 10.1. The molecule has 6 heteroatoms. The average molecular weight is 312 g/mol. The van der Waals surface area contributed by atoms with Gasteiger partial charge in [0.15, 0.2) is 0 Å². The number of aliphatic hydroxyl groups is 1. The quantitative estimate of drug-likeness (QED) is 0.844. The highest BCUT2D eigenvalue weighted by Gasteiger charge is 2.30. The van der Waals surface area contributed by atoms with Crippen LogP contribution >= 0.6 is 0 Å². The van der Waals surface area contributed by atoms with Gasteiger partial charge in [0.05, 0.1) is 11.6 Å². The fourth-order valence-corrected chi connectivity index (χ4v) is 2.92. The summed E-state index contributed by atoms with van der Waals surface area (Å²) in [6.45, 7) is 3.59. The van der Waals surface area contributed by atoms with E-state index < -0.39 is 23.3 Å². The molecule has 1 heterocycles. The normalized spacial score (nSPS) is 20.1. The fraction of sp³-hybridized carbons (Fsp3) is 0.562. The lowest BCUT2D eigenvalue weighted by molar-refractivity contribution is -0.126. The van der Waals surface area contributed by atoms with E-state index in [9.17, 15) is 18.7 Å². The second kappa shape index (κ2) is 7.65. The first-order valence-electron chi connectivity index (χ1n) is 7.68. The van der Waals surface area contributed by atoms with Crippen LogP contribution in [0.3, 0.4) is 0 Å². The molecule has 22 heavy (non-hydrogen) atoms. The summed E-state index contributed by atoms with van der Waals surface area (Å²) < 4.78 is 27.1. The van der Waals surface area contributed by atoms with Gasteiger partial charge in [-0.1, -0.05) is 13.0 Å². The minimum absolute atomic E-state index is 0.193. The maximum atomic E-state index is 13.6. The number of nitrogens with one attached hydrogen (secondary N) is 1. The molecule has 2 N–H and O–H groups in total. The first-order valence-corrected chi connectivity index (χ1v) is 7.68. The van der Waals surface area contributed by atoms with Crippen LogP contribution in [0.15, 0.2) is 18.2 Å². The van der Waals surface area contributed by atoms with Crippen LogP contribution in [0.5, 0.6) is 0 Å². The Morgan fingerprint density at radius 2 is 2.14 bits per heavy atom. The molecule has 1 aromatic carbocycles. The Hall–Kier alpha value is -1.53.